The van der Waals surface area contributed by atoms with Gasteiger partial charge in [0.15, 0.2) is 0 Å². The van der Waals surface area contributed by atoms with E-state index < -0.39 is 0 Å². The van der Waals surface area contributed by atoms with Crippen molar-refractivity contribution >= 4 is 0 Å². The molecule has 0 bridgehead atoms. The van der Waals surface area contributed by atoms with E-state index in [9.17, 15) is 0 Å². The molecule has 1 fully saturated rings. The summed E-state index contributed by atoms with van der Waals surface area (Å²) >= 11 is 0. The van der Waals surface area contributed by atoms with Gasteiger partial charge in [-0.05, 0) is 33.1 Å². The van der Waals surface area contributed by atoms with Crippen LogP contribution in [0.15, 0.2) is 4.52 Å². The molecule has 2 rings (SSSR count). The highest BCUT2D eigenvalue weighted by Crippen LogP contribution is 2.14. The van der Waals surface area contributed by atoms with Gasteiger partial charge in [0, 0.05) is 31.4 Å². The number of rotatable bonds is 3. The highest BCUT2D eigenvalue weighted by molar-refractivity contribution is 5.20. The molecular weight excluding hydrogens is 204 g/mol. The number of hydrogen-bond acceptors (Lipinski definition) is 4. The molecule has 1 aromatic rings. The maximum atomic E-state index is 5.44. The summed E-state index contributed by atoms with van der Waals surface area (Å²) in [7, 11) is 0. The predicted octanol–water partition coefficient (Wildman–Crippen LogP) is 1.95. The molecule has 0 radical (unpaired) electrons. The fourth-order valence-corrected chi connectivity index (χ4v) is 2.11. The van der Waals surface area contributed by atoms with Gasteiger partial charge in [-0.15, -0.1) is 0 Å². The van der Waals surface area contributed by atoms with Crippen LogP contribution in [-0.4, -0.2) is 24.4 Å². The molecule has 1 N–H and O–H groups in total. The van der Waals surface area contributed by atoms with E-state index in [0.29, 0.717) is 6.04 Å². The number of aromatic nitrogens is 1. The average Bonchev–Trinajstić information content (AvgIpc) is 2.51. The minimum absolute atomic E-state index is 0.566. The van der Waals surface area contributed by atoms with Crippen molar-refractivity contribution in [2.24, 2.45) is 0 Å². The lowest BCUT2D eigenvalue weighted by Crippen LogP contribution is -2.29. The number of nitrogens with zero attached hydrogens (tertiary/aromatic N) is 1. The van der Waals surface area contributed by atoms with Gasteiger partial charge in [0.2, 0.25) is 0 Å². The highest BCUT2D eigenvalue weighted by Gasteiger charge is 2.14. The molecule has 0 saturated carbocycles. The van der Waals surface area contributed by atoms with Crippen LogP contribution in [0, 0.1) is 13.8 Å². The van der Waals surface area contributed by atoms with Gasteiger partial charge in [0.25, 0.3) is 0 Å². The van der Waals surface area contributed by atoms with Crippen molar-refractivity contribution in [2.45, 2.75) is 45.7 Å². The molecule has 1 aliphatic rings. The van der Waals surface area contributed by atoms with E-state index in [1.807, 2.05) is 13.8 Å². The van der Waals surface area contributed by atoms with Gasteiger partial charge in [0.1, 0.15) is 5.76 Å². The summed E-state index contributed by atoms with van der Waals surface area (Å²) in [5.74, 6) is 0.926. The molecule has 4 nitrogen and oxygen atoms in total. The van der Waals surface area contributed by atoms with Crippen LogP contribution in [-0.2, 0) is 11.3 Å². The zero-order valence-corrected chi connectivity index (χ0v) is 10.1. The molecule has 1 unspecified atom stereocenters. The Hall–Kier alpha value is -0.870. The molecule has 16 heavy (non-hydrogen) atoms. The first kappa shape index (κ1) is 11.6. The lowest BCUT2D eigenvalue weighted by molar-refractivity contribution is 0.142. The van der Waals surface area contributed by atoms with E-state index >= 15 is 0 Å². The van der Waals surface area contributed by atoms with E-state index in [1.165, 1.54) is 12.0 Å². The number of ether oxygens (including phenoxy) is 1. The largest absolute Gasteiger partial charge is 0.381 e. The molecule has 90 valence electrons. The van der Waals surface area contributed by atoms with Crippen LogP contribution < -0.4 is 5.32 Å². The van der Waals surface area contributed by atoms with Gasteiger partial charge >= 0.3 is 0 Å². The molecule has 0 aliphatic carbocycles. The molecule has 1 saturated heterocycles. The van der Waals surface area contributed by atoms with Crippen molar-refractivity contribution in [2.75, 3.05) is 13.2 Å². The zero-order valence-electron chi connectivity index (χ0n) is 10.1. The Bertz CT molecular complexity index is 308. The van der Waals surface area contributed by atoms with Gasteiger partial charge in [0.05, 0.1) is 5.69 Å². The van der Waals surface area contributed by atoms with E-state index in [1.54, 1.807) is 0 Å². The first-order valence-corrected chi connectivity index (χ1v) is 6.00. The first-order valence-electron chi connectivity index (χ1n) is 6.00. The lowest BCUT2D eigenvalue weighted by atomic mass is 10.1. The Morgan fingerprint density at radius 3 is 2.94 bits per heavy atom. The van der Waals surface area contributed by atoms with Crippen LogP contribution in [0.1, 0.15) is 36.3 Å². The van der Waals surface area contributed by atoms with Gasteiger partial charge < -0.3 is 14.6 Å². The second-order valence-corrected chi connectivity index (χ2v) is 4.42. The summed E-state index contributed by atoms with van der Waals surface area (Å²) in [5, 5.41) is 7.52. The minimum atomic E-state index is 0.566. The average molecular weight is 224 g/mol. The minimum Gasteiger partial charge on any atom is -0.381 e. The van der Waals surface area contributed by atoms with Crippen molar-refractivity contribution in [1.82, 2.24) is 10.5 Å². The summed E-state index contributed by atoms with van der Waals surface area (Å²) in [6.07, 6.45) is 3.45. The lowest BCUT2D eigenvalue weighted by Gasteiger charge is -2.15. The Kier molecular flexibility index (Phi) is 3.96. The third kappa shape index (κ3) is 2.83. The van der Waals surface area contributed by atoms with Crippen LogP contribution in [0.25, 0.3) is 0 Å². The monoisotopic (exact) mass is 224 g/mol. The fourth-order valence-electron chi connectivity index (χ4n) is 2.11. The van der Waals surface area contributed by atoms with Crippen molar-refractivity contribution < 1.29 is 9.26 Å². The maximum absolute atomic E-state index is 5.44. The van der Waals surface area contributed by atoms with Gasteiger partial charge in [-0.25, -0.2) is 0 Å². The predicted molar refractivity (Wildman–Crippen MR) is 61.3 cm³/mol. The van der Waals surface area contributed by atoms with Crippen molar-refractivity contribution in [3.8, 4) is 0 Å². The number of aryl methyl sites for hydroxylation is 2. The molecular formula is C12H20N2O2. The summed E-state index contributed by atoms with van der Waals surface area (Å²) in [6.45, 7) is 6.59. The van der Waals surface area contributed by atoms with Crippen LogP contribution >= 0.6 is 0 Å². The summed E-state index contributed by atoms with van der Waals surface area (Å²) in [5.41, 5.74) is 2.19. The van der Waals surface area contributed by atoms with Crippen LogP contribution in [0.3, 0.4) is 0 Å². The molecule has 0 amide bonds. The molecule has 2 heterocycles. The summed E-state index contributed by atoms with van der Waals surface area (Å²) in [6, 6.07) is 0.566. The quantitative estimate of drug-likeness (QED) is 0.852. The Morgan fingerprint density at radius 1 is 1.31 bits per heavy atom. The van der Waals surface area contributed by atoms with Gasteiger partial charge in [-0.3, -0.25) is 0 Å². The molecule has 1 aliphatic heterocycles. The van der Waals surface area contributed by atoms with Gasteiger partial charge in [-0.2, -0.15) is 0 Å². The van der Waals surface area contributed by atoms with Crippen molar-refractivity contribution in [3.63, 3.8) is 0 Å². The Morgan fingerprint density at radius 2 is 2.19 bits per heavy atom. The second-order valence-electron chi connectivity index (χ2n) is 4.42. The maximum Gasteiger partial charge on any atom is 0.138 e. The van der Waals surface area contributed by atoms with Crippen molar-refractivity contribution in [3.05, 3.63) is 17.0 Å². The summed E-state index contributed by atoms with van der Waals surface area (Å²) in [4.78, 5) is 0. The normalized spacial score (nSPS) is 22.0. The van der Waals surface area contributed by atoms with Gasteiger partial charge in [-0.1, -0.05) is 5.16 Å². The topological polar surface area (TPSA) is 47.3 Å². The van der Waals surface area contributed by atoms with Crippen LogP contribution in [0.4, 0.5) is 0 Å². The number of hydrogen-bond donors (Lipinski definition) is 1. The second kappa shape index (κ2) is 5.46. The smallest absolute Gasteiger partial charge is 0.138 e. The molecule has 1 aromatic heterocycles. The molecule has 1 atom stereocenters. The standard InChI is InChI=1S/C12H20N2O2/c1-9-12(10(2)16-14-9)8-13-11-4-3-6-15-7-5-11/h11,13H,3-8H2,1-2H3. The first-order chi connectivity index (χ1) is 7.77. The molecule has 0 aromatic carbocycles. The van der Waals surface area contributed by atoms with Crippen LogP contribution in [0.2, 0.25) is 0 Å². The molecule has 4 heteroatoms. The Balaban J connectivity index is 1.86. The highest BCUT2D eigenvalue weighted by atomic mass is 16.5. The van der Waals surface area contributed by atoms with Crippen molar-refractivity contribution in [1.29, 1.82) is 0 Å². The summed E-state index contributed by atoms with van der Waals surface area (Å²) < 4.78 is 10.6. The SMILES string of the molecule is Cc1noc(C)c1CNC1CCCOCC1. The third-order valence-corrected chi connectivity index (χ3v) is 3.20. The number of nitrogens with one attached hydrogen (secondary N) is 1. The van der Waals surface area contributed by atoms with Crippen LogP contribution in [0.5, 0.6) is 0 Å². The molecule has 0 spiro atoms. The van der Waals surface area contributed by atoms with E-state index in [4.69, 9.17) is 9.26 Å². The van der Waals surface area contributed by atoms with E-state index in [-0.39, 0.29) is 0 Å². The third-order valence-electron chi connectivity index (χ3n) is 3.20. The van der Waals surface area contributed by atoms with E-state index in [0.717, 1.165) is 44.1 Å². The van der Waals surface area contributed by atoms with E-state index in [2.05, 4.69) is 10.5 Å². The fraction of sp³-hybridized carbons (Fsp3) is 0.750. The zero-order chi connectivity index (χ0) is 11.4. The Labute approximate surface area is 96.3 Å².